The van der Waals surface area contributed by atoms with Crippen LogP contribution in [0.2, 0.25) is 5.02 Å². The minimum absolute atomic E-state index is 0.0560. The molecule has 5 nitrogen and oxygen atoms in total. The van der Waals surface area contributed by atoms with Gasteiger partial charge in [0, 0.05) is 20.7 Å². The molecule has 3 aromatic carbocycles. The van der Waals surface area contributed by atoms with Crippen molar-refractivity contribution in [2.75, 3.05) is 5.32 Å². The van der Waals surface area contributed by atoms with E-state index in [1.807, 2.05) is 0 Å². The molecule has 0 aliphatic rings. The molecule has 152 valence electrons. The lowest BCUT2D eigenvalue weighted by molar-refractivity contribution is 0.581. The Hall–Kier alpha value is -2.68. The van der Waals surface area contributed by atoms with Gasteiger partial charge in [-0.15, -0.1) is 0 Å². The van der Waals surface area contributed by atoms with Crippen molar-refractivity contribution in [1.82, 2.24) is 4.98 Å². The molecule has 0 radical (unpaired) electrons. The van der Waals surface area contributed by atoms with E-state index in [2.05, 4.69) is 26.2 Å². The van der Waals surface area contributed by atoms with Crippen LogP contribution >= 0.6 is 27.5 Å². The van der Waals surface area contributed by atoms with E-state index in [9.17, 15) is 12.8 Å². The van der Waals surface area contributed by atoms with Gasteiger partial charge in [-0.2, -0.15) is 4.98 Å². The third-order valence-corrected chi connectivity index (χ3v) is 6.63. The fourth-order valence-electron chi connectivity index (χ4n) is 2.67. The highest BCUT2D eigenvalue weighted by atomic mass is 79.9. The predicted octanol–water partition coefficient (Wildman–Crippen LogP) is 6.47. The van der Waals surface area contributed by atoms with Gasteiger partial charge in [-0.05, 0) is 72.8 Å². The van der Waals surface area contributed by atoms with Crippen LogP contribution in [0.4, 0.5) is 16.0 Å². The molecule has 0 fully saturated rings. The number of hydrogen-bond donors (Lipinski definition) is 1. The molecule has 1 heterocycles. The largest absolute Gasteiger partial charge is 0.419 e. The van der Waals surface area contributed by atoms with Crippen LogP contribution in [0.5, 0.6) is 0 Å². The summed E-state index contributed by atoms with van der Waals surface area (Å²) in [5.74, 6) is -0.469. The van der Waals surface area contributed by atoms with E-state index >= 15 is 0 Å². The van der Waals surface area contributed by atoms with Crippen molar-refractivity contribution < 1.29 is 17.2 Å². The lowest BCUT2D eigenvalue weighted by Gasteiger charge is -2.06. The number of benzene rings is 3. The predicted molar refractivity (Wildman–Crippen MR) is 116 cm³/mol. The maximum Gasteiger partial charge on any atom is 0.238 e. The Morgan fingerprint density at radius 3 is 2.20 bits per heavy atom. The molecule has 9 heteroatoms. The number of aromatic nitrogens is 1. The highest BCUT2D eigenvalue weighted by molar-refractivity contribution is 9.10. The number of nitrogens with one attached hydrogen (secondary N) is 1. The fraction of sp³-hybridized carbons (Fsp3) is 0. The number of oxazole rings is 1. The minimum Gasteiger partial charge on any atom is -0.419 e. The third-order valence-electron chi connectivity index (χ3n) is 4.17. The highest BCUT2D eigenvalue weighted by Crippen LogP contribution is 2.34. The summed E-state index contributed by atoms with van der Waals surface area (Å²) in [7, 11) is -4.08. The molecule has 0 spiro atoms. The van der Waals surface area contributed by atoms with Crippen LogP contribution in [0.25, 0.3) is 11.5 Å². The first-order valence-electron chi connectivity index (χ1n) is 8.63. The molecule has 0 aliphatic carbocycles. The monoisotopic (exact) mass is 506 g/mol. The van der Waals surface area contributed by atoms with Crippen molar-refractivity contribution in [2.24, 2.45) is 0 Å². The second-order valence-electron chi connectivity index (χ2n) is 6.25. The van der Waals surface area contributed by atoms with Crippen LogP contribution in [0, 0.1) is 5.82 Å². The molecule has 0 unspecified atom stereocenters. The van der Waals surface area contributed by atoms with Gasteiger partial charge < -0.3 is 9.73 Å². The molecule has 1 N–H and O–H groups in total. The zero-order valence-corrected chi connectivity index (χ0v) is 18.3. The van der Waals surface area contributed by atoms with Crippen LogP contribution in [-0.2, 0) is 9.84 Å². The van der Waals surface area contributed by atoms with Crippen molar-refractivity contribution in [1.29, 1.82) is 0 Å². The van der Waals surface area contributed by atoms with Gasteiger partial charge in [0.2, 0.25) is 26.6 Å². The second kappa shape index (κ2) is 8.22. The van der Waals surface area contributed by atoms with Crippen LogP contribution in [-0.4, -0.2) is 13.4 Å². The van der Waals surface area contributed by atoms with Gasteiger partial charge in [0.05, 0.1) is 4.90 Å². The molecule has 0 saturated carbocycles. The Bertz CT molecular complexity index is 1290. The van der Waals surface area contributed by atoms with Gasteiger partial charge >= 0.3 is 0 Å². The van der Waals surface area contributed by atoms with E-state index in [-0.39, 0.29) is 21.7 Å². The Kier molecular flexibility index (Phi) is 5.64. The van der Waals surface area contributed by atoms with E-state index in [1.54, 1.807) is 48.5 Å². The van der Waals surface area contributed by atoms with Crippen molar-refractivity contribution in [3.8, 4) is 11.5 Å². The van der Waals surface area contributed by atoms with E-state index in [0.717, 1.165) is 16.6 Å². The maximum absolute atomic E-state index is 13.3. The Balaban J connectivity index is 1.83. The minimum atomic E-state index is -4.08. The lowest BCUT2D eigenvalue weighted by Crippen LogP contribution is -2.05. The molecule has 0 atom stereocenters. The Morgan fingerprint density at radius 1 is 0.933 bits per heavy atom. The average molecular weight is 508 g/mol. The fourth-order valence-corrected chi connectivity index (χ4v) is 4.32. The van der Waals surface area contributed by atoms with E-state index in [4.69, 9.17) is 16.0 Å². The molecule has 0 bridgehead atoms. The van der Waals surface area contributed by atoms with Crippen molar-refractivity contribution in [3.63, 3.8) is 0 Å². The molecular formula is C21H13BrClFN2O3S. The van der Waals surface area contributed by atoms with Gasteiger partial charge in [-0.1, -0.05) is 27.5 Å². The van der Waals surface area contributed by atoms with E-state index < -0.39 is 15.7 Å². The quantitative estimate of drug-likeness (QED) is 0.313. The molecule has 0 amide bonds. The number of rotatable bonds is 5. The third kappa shape index (κ3) is 4.26. The number of hydrogen-bond acceptors (Lipinski definition) is 5. The Morgan fingerprint density at radius 2 is 1.57 bits per heavy atom. The Labute approximate surface area is 185 Å². The maximum atomic E-state index is 13.3. The van der Waals surface area contributed by atoms with Gasteiger partial charge in [-0.25, -0.2) is 12.8 Å². The van der Waals surface area contributed by atoms with Crippen LogP contribution in [0.1, 0.15) is 0 Å². The van der Waals surface area contributed by atoms with Gasteiger partial charge in [0.15, 0.2) is 0 Å². The van der Waals surface area contributed by atoms with Gasteiger partial charge in [-0.3, -0.25) is 0 Å². The first-order chi connectivity index (χ1) is 14.3. The first kappa shape index (κ1) is 20.6. The highest BCUT2D eigenvalue weighted by Gasteiger charge is 2.29. The molecule has 0 aliphatic heterocycles. The van der Waals surface area contributed by atoms with Crippen molar-refractivity contribution in [3.05, 3.63) is 88.1 Å². The van der Waals surface area contributed by atoms with Crippen LogP contribution in [0.15, 0.2) is 91.6 Å². The molecule has 1 aromatic heterocycles. The van der Waals surface area contributed by atoms with Crippen molar-refractivity contribution in [2.45, 2.75) is 9.92 Å². The zero-order chi connectivity index (χ0) is 21.3. The number of halogens is 3. The summed E-state index contributed by atoms with van der Waals surface area (Å²) in [6.07, 6.45) is 0. The summed E-state index contributed by atoms with van der Waals surface area (Å²) in [5, 5.41) is 3.17. The number of anilines is 2. The second-order valence-corrected chi connectivity index (χ2v) is 9.47. The molecule has 0 saturated heterocycles. The van der Waals surface area contributed by atoms with Crippen LogP contribution < -0.4 is 5.32 Å². The molecule has 4 aromatic rings. The smallest absolute Gasteiger partial charge is 0.238 e. The topological polar surface area (TPSA) is 72.2 Å². The summed E-state index contributed by atoms with van der Waals surface area (Å²) < 4.78 is 46.3. The summed E-state index contributed by atoms with van der Waals surface area (Å²) >= 11 is 9.27. The number of sulfone groups is 1. The van der Waals surface area contributed by atoms with Gasteiger partial charge in [0.1, 0.15) is 5.82 Å². The standard InChI is InChI=1S/C21H13BrClFN2O3S/c22-14-3-1-13(2-4-14)19-26-21(30(27,28)18-11-7-16(24)8-12-18)20(29-19)25-17-9-5-15(23)6-10-17/h1-12,25H. The van der Waals surface area contributed by atoms with E-state index in [0.29, 0.717) is 16.3 Å². The SMILES string of the molecule is O=S(=O)(c1ccc(F)cc1)c1nc(-c2ccc(Br)cc2)oc1Nc1ccc(Cl)cc1. The number of nitrogens with zero attached hydrogens (tertiary/aromatic N) is 1. The van der Waals surface area contributed by atoms with Crippen molar-refractivity contribution >= 4 is 48.9 Å². The normalized spacial score (nSPS) is 11.4. The molecule has 4 rings (SSSR count). The summed E-state index contributed by atoms with van der Waals surface area (Å²) in [4.78, 5) is 4.14. The molecule has 30 heavy (non-hydrogen) atoms. The van der Waals surface area contributed by atoms with E-state index in [1.165, 1.54) is 12.1 Å². The molecular weight excluding hydrogens is 495 g/mol. The van der Waals surface area contributed by atoms with Crippen LogP contribution in [0.3, 0.4) is 0 Å². The average Bonchev–Trinajstić information content (AvgIpc) is 3.15. The first-order valence-corrected chi connectivity index (χ1v) is 11.3. The van der Waals surface area contributed by atoms with Gasteiger partial charge in [0.25, 0.3) is 0 Å². The zero-order valence-electron chi connectivity index (χ0n) is 15.1. The summed E-state index contributed by atoms with van der Waals surface area (Å²) in [5.41, 5.74) is 1.16. The summed E-state index contributed by atoms with van der Waals surface area (Å²) in [6, 6.07) is 18.3. The lowest BCUT2D eigenvalue weighted by atomic mass is 10.2. The summed E-state index contributed by atoms with van der Waals surface area (Å²) in [6.45, 7) is 0.